The lowest BCUT2D eigenvalue weighted by Crippen LogP contribution is -2.45. The second-order valence-electron chi connectivity index (χ2n) is 7.33. The summed E-state index contributed by atoms with van der Waals surface area (Å²) in [5.74, 6) is -0.493. The van der Waals surface area contributed by atoms with Crippen LogP contribution in [0.3, 0.4) is 0 Å². The van der Waals surface area contributed by atoms with Crippen LogP contribution in [0.5, 0.6) is 0 Å². The maximum absolute atomic E-state index is 12.0. The average molecular weight is 358 g/mol. The van der Waals surface area contributed by atoms with Gasteiger partial charge in [-0.15, -0.1) is 0 Å². The van der Waals surface area contributed by atoms with E-state index in [9.17, 15) is 10.0 Å². The molecule has 26 heavy (non-hydrogen) atoms. The molecule has 0 spiro atoms. The Hall–Kier alpha value is -1.85. The van der Waals surface area contributed by atoms with Crippen LogP contribution >= 0.6 is 0 Å². The predicted octanol–water partition coefficient (Wildman–Crippen LogP) is 4.46. The van der Waals surface area contributed by atoms with Crippen molar-refractivity contribution < 1.29 is 14.7 Å². The molecule has 142 valence electrons. The molecule has 1 aromatic carbocycles. The van der Waals surface area contributed by atoms with Gasteiger partial charge >= 0.3 is 5.97 Å². The van der Waals surface area contributed by atoms with Gasteiger partial charge in [-0.2, -0.15) is 10.2 Å². The standard InChI is InChI=1S/C21H30N2O3/c1-3-26-21(24)16(2)14-19-15-20(17-10-6-4-7-11-17)22(23(19)25)18-12-8-5-9-13-18/h4,6-7,10-11,15-16,18,20,25H,3,5,8-9,12-14H2,1-2H3. The minimum Gasteiger partial charge on any atom is -0.466 e. The summed E-state index contributed by atoms with van der Waals surface area (Å²) < 4.78 is 5.12. The van der Waals surface area contributed by atoms with Crippen LogP contribution in [0.1, 0.15) is 64.0 Å². The van der Waals surface area contributed by atoms with Gasteiger partial charge in [0, 0.05) is 12.5 Å². The molecule has 2 unspecified atom stereocenters. The summed E-state index contributed by atoms with van der Waals surface area (Å²) in [6.07, 6.45) is 8.42. The molecule has 0 amide bonds. The Labute approximate surface area is 156 Å². The molecule has 1 heterocycles. The van der Waals surface area contributed by atoms with E-state index in [1.165, 1.54) is 24.4 Å². The number of benzene rings is 1. The molecular formula is C21H30N2O3. The molecule has 5 nitrogen and oxygen atoms in total. The molecule has 1 fully saturated rings. The first-order valence-corrected chi connectivity index (χ1v) is 9.81. The maximum Gasteiger partial charge on any atom is 0.309 e. The fourth-order valence-corrected chi connectivity index (χ4v) is 4.05. The van der Waals surface area contributed by atoms with Gasteiger partial charge in [0.05, 0.1) is 24.3 Å². The molecule has 0 aromatic heterocycles. The molecule has 2 aliphatic rings. The predicted molar refractivity (Wildman–Crippen MR) is 100 cm³/mol. The molecule has 1 N–H and O–H groups in total. The van der Waals surface area contributed by atoms with Crippen molar-refractivity contribution in [1.29, 1.82) is 0 Å². The number of carbonyl (C=O) groups is 1. The lowest BCUT2D eigenvalue weighted by molar-refractivity contribution is -0.239. The van der Waals surface area contributed by atoms with Crippen LogP contribution in [0.4, 0.5) is 0 Å². The normalized spacial score (nSPS) is 23.0. The number of nitrogens with zero attached hydrogens (tertiary/aromatic N) is 2. The fourth-order valence-electron chi connectivity index (χ4n) is 4.05. The van der Waals surface area contributed by atoms with E-state index in [2.05, 4.69) is 23.2 Å². The number of hydrogen-bond acceptors (Lipinski definition) is 5. The molecule has 0 saturated heterocycles. The largest absolute Gasteiger partial charge is 0.466 e. The van der Waals surface area contributed by atoms with Gasteiger partial charge in [-0.3, -0.25) is 10.0 Å². The van der Waals surface area contributed by atoms with Crippen molar-refractivity contribution in [3.05, 3.63) is 47.7 Å². The molecule has 1 aliphatic carbocycles. The van der Waals surface area contributed by atoms with Gasteiger partial charge in [-0.05, 0) is 31.4 Å². The number of rotatable bonds is 6. The number of hydroxylamine groups is 1. The highest BCUT2D eigenvalue weighted by atomic mass is 16.6. The van der Waals surface area contributed by atoms with Gasteiger partial charge in [-0.1, -0.05) is 56.5 Å². The van der Waals surface area contributed by atoms with Gasteiger partial charge in [0.15, 0.2) is 0 Å². The lowest BCUT2D eigenvalue weighted by atomic mass is 9.93. The first kappa shape index (κ1) is 18.9. The second-order valence-corrected chi connectivity index (χ2v) is 7.33. The molecule has 0 bridgehead atoms. The molecule has 1 saturated carbocycles. The number of allylic oxidation sites excluding steroid dienone is 1. The Morgan fingerprint density at radius 3 is 2.58 bits per heavy atom. The Morgan fingerprint density at radius 2 is 1.92 bits per heavy atom. The smallest absolute Gasteiger partial charge is 0.309 e. The maximum atomic E-state index is 12.0. The van der Waals surface area contributed by atoms with E-state index in [0.717, 1.165) is 24.1 Å². The SMILES string of the molecule is CCOC(=O)C(C)CC1=CC(c2ccccc2)N(C2CCCCC2)N1O. The molecule has 0 radical (unpaired) electrons. The van der Waals surface area contributed by atoms with E-state index in [-0.39, 0.29) is 17.9 Å². The highest BCUT2D eigenvalue weighted by Crippen LogP contribution is 2.40. The topological polar surface area (TPSA) is 53.0 Å². The van der Waals surface area contributed by atoms with Gasteiger partial charge < -0.3 is 4.74 Å². The monoisotopic (exact) mass is 358 g/mol. The van der Waals surface area contributed by atoms with Crippen molar-refractivity contribution in [2.75, 3.05) is 6.61 Å². The van der Waals surface area contributed by atoms with Crippen LogP contribution in [0.15, 0.2) is 42.1 Å². The summed E-state index contributed by atoms with van der Waals surface area (Å²) in [5, 5.41) is 14.3. The highest BCUT2D eigenvalue weighted by Gasteiger charge is 2.38. The molecule has 1 aliphatic heterocycles. The summed E-state index contributed by atoms with van der Waals surface area (Å²) in [6, 6.07) is 10.6. The lowest BCUT2D eigenvalue weighted by Gasteiger charge is -2.39. The minimum absolute atomic E-state index is 0.00805. The van der Waals surface area contributed by atoms with E-state index >= 15 is 0 Å². The zero-order chi connectivity index (χ0) is 18.5. The molecule has 2 atom stereocenters. The summed E-state index contributed by atoms with van der Waals surface area (Å²) in [6.45, 7) is 4.05. The quantitative estimate of drug-likeness (QED) is 0.761. The minimum atomic E-state index is -0.279. The third-order valence-corrected chi connectivity index (χ3v) is 5.41. The van der Waals surface area contributed by atoms with E-state index < -0.39 is 0 Å². The van der Waals surface area contributed by atoms with Crippen molar-refractivity contribution in [2.45, 2.75) is 64.5 Å². The van der Waals surface area contributed by atoms with Crippen LogP contribution in [0.25, 0.3) is 0 Å². The second kappa shape index (κ2) is 8.69. The van der Waals surface area contributed by atoms with Crippen molar-refractivity contribution in [3.63, 3.8) is 0 Å². The van der Waals surface area contributed by atoms with Crippen LogP contribution < -0.4 is 0 Å². The Balaban J connectivity index is 1.82. The number of carbonyl (C=O) groups excluding carboxylic acids is 1. The summed E-state index contributed by atoms with van der Waals surface area (Å²) >= 11 is 0. The molecule has 1 aromatic rings. The molecule has 5 heteroatoms. The van der Waals surface area contributed by atoms with Crippen molar-refractivity contribution in [3.8, 4) is 0 Å². The number of hydrazine groups is 1. The van der Waals surface area contributed by atoms with E-state index in [1.54, 1.807) is 0 Å². The van der Waals surface area contributed by atoms with Gasteiger partial charge in [-0.25, -0.2) is 0 Å². The van der Waals surface area contributed by atoms with Crippen LogP contribution in [0.2, 0.25) is 0 Å². The summed E-state index contributed by atoms with van der Waals surface area (Å²) in [4.78, 5) is 12.0. The summed E-state index contributed by atoms with van der Waals surface area (Å²) in [5.41, 5.74) is 1.95. The van der Waals surface area contributed by atoms with Gasteiger partial charge in [0.25, 0.3) is 0 Å². The van der Waals surface area contributed by atoms with Gasteiger partial charge in [0.1, 0.15) is 0 Å². The van der Waals surface area contributed by atoms with E-state index in [4.69, 9.17) is 4.74 Å². The number of hydrogen-bond donors (Lipinski definition) is 1. The molecule has 3 rings (SSSR count). The van der Waals surface area contributed by atoms with Crippen molar-refractivity contribution >= 4 is 5.97 Å². The van der Waals surface area contributed by atoms with Crippen LogP contribution in [-0.4, -0.2) is 34.0 Å². The average Bonchev–Trinajstić information content (AvgIpc) is 2.99. The van der Waals surface area contributed by atoms with Crippen LogP contribution in [0, 0.1) is 5.92 Å². The Morgan fingerprint density at radius 1 is 1.23 bits per heavy atom. The van der Waals surface area contributed by atoms with Gasteiger partial charge in [0.2, 0.25) is 0 Å². The number of ether oxygens (including phenoxy) is 1. The summed E-state index contributed by atoms with van der Waals surface area (Å²) in [7, 11) is 0. The van der Waals surface area contributed by atoms with Crippen LogP contribution in [-0.2, 0) is 9.53 Å². The van der Waals surface area contributed by atoms with E-state index in [1.807, 2.05) is 32.0 Å². The first-order chi connectivity index (χ1) is 12.6. The Bertz CT molecular complexity index is 625. The van der Waals surface area contributed by atoms with Crippen molar-refractivity contribution in [2.24, 2.45) is 5.92 Å². The number of esters is 1. The van der Waals surface area contributed by atoms with Crippen molar-refractivity contribution in [1.82, 2.24) is 10.2 Å². The first-order valence-electron chi connectivity index (χ1n) is 9.81. The third kappa shape index (κ3) is 4.10. The zero-order valence-corrected chi connectivity index (χ0v) is 15.8. The fraction of sp³-hybridized carbons (Fsp3) is 0.571. The molecular weight excluding hydrogens is 328 g/mol. The highest BCUT2D eigenvalue weighted by molar-refractivity contribution is 5.72. The van der Waals surface area contributed by atoms with E-state index in [0.29, 0.717) is 19.1 Å². The third-order valence-electron chi connectivity index (χ3n) is 5.41. The Kier molecular flexibility index (Phi) is 6.33. The zero-order valence-electron chi connectivity index (χ0n) is 15.8.